The largest absolute Gasteiger partial charge is 0.338 e. The van der Waals surface area contributed by atoms with Crippen LogP contribution in [0.2, 0.25) is 0 Å². The van der Waals surface area contributed by atoms with E-state index in [0.29, 0.717) is 43.9 Å². The summed E-state index contributed by atoms with van der Waals surface area (Å²) in [5.74, 6) is 0.102. The van der Waals surface area contributed by atoms with E-state index < -0.39 is 4.92 Å². The van der Waals surface area contributed by atoms with Crippen molar-refractivity contribution in [3.05, 3.63) is 91.5 Å². The SMILES string of the molecule is Cc1ccc(Cn2nnc3c(=O)[nH]c(C4CCN(C(=O)c5ccccc5[N+](=O)[O-])CC4)nc32)cc1. The number of aromatic nitrogens is 5. The Labute approximate surface area is 199 Å². The van der Waals surface area contributed by atoms with Gasteiger partial charge in [0.1, 0.15) is 11.4 Å². The number of rotatable bonds is 5. The van der Waals surface area contributed by atoms with Gasteiger partial charge in [-0.15, -0.1) is 5.10 Å². The Morgan fingerprint density at radius 2 is 1.86 bits per heavy atom. The molecule has 0 aliphatic carbocycles. The van der Waals surface area contributed by atoms with Crippen LogP contribution in [-0.4, -0.2) is 53.8 Å². The molecule has 1 N–H and O–H groups in total. The molecule has 0 unspecified atom stereocenters. The third-order valence-corrected chi connectivity index (χ3v) is 6.34. The van der Waals surface area contributed by atoms with E-state index in [0.717, 1.165) is 11.1 Å². The first-order chi connectivity index (χ1) is 16.9. The molecule has 0 spiro atoms. The van der Waals surface area contributed by atoms with Crippen molar-refractivity contribution in [2.45, 2.75) is 32.2 Å². The summed E-state index contributed by atoms with van der Waals surface area (Å²) in [4.78, 5) is 45.5. The summed E-state index contributed by atoms with van der Waals surface area (Å²) < 4.78 is 1.62. The third kappa shape index (κ3) is 4.39. The molecule has 1 fully saturated rings. The van der Waals surface area contributed by atoms with E-state index in [1.54, 1.807) is 15.6 Å². The Kier molecular flexibility index (Phi) is 5.81. The molecule has 1 aliphatic heterocycles. The number of aromatic amines is 1. The van der Waals surface area contributed by atoms with Crippen LogP contribution in [0, 0.1) is 17.0 Å². The molecule has 4 aromatic rings. The zero-order valence-electron chi connectivity index (χ0n) is 19.0. The van der Waals surface area contributed by atoms with Gasteiger partial charge in [-0.1, -0.05) is 47.2 Å². The van der Waals surface area contributed by atoms with Crippen LogP contribution in [0.15, 0.2) is 53.3 Å². The van der Waals surface area contributed by atoms with Gasteiger partial charge in [0.25, 0.3) is 17.2 Å². The number of amides is 1. The second-order valence-corrected chi connectivity index (χ2v) is 8.70. The molecule has 3 heterocycles. The minimum absolute atomic E-state index is 0.0652. The molecule has 1 amide bonds. The number of piperidine rings is 1. The van der Waals surface area contributed by atoms with Crippen molar-refractivity contribution in [1.82, 2.24) is 29.9 Å². The summed E-state index contributed by atoms with van der Waals surface area (Å²) in [5.41, 5.74) is 2.31. The first-order valence-corrected chi connectivity index (χ1v) is 11.3. The highest BCUT2D eigenvalue weighted by molar-refractivity contribution is 5.98. The predicted octanol–water partition coefficient (Wildman–Crippen LogP) is 2.80. The lowest BCUT2D eigenvalue weighted by atomic mass is 9.95. The zero-order chi connectivity index (χ0) is 24.5. The molecule has 11 nitrogen and oxygen atoms in total. The molecule has 0 saturated carbocycles. The van der Waals surface area contributed by atoms with Gasteiger partial charge in [0, 0.05) is 25.1 Å². The quantitative estimate of drug-likeness (QED) is 0.347. The van der Waals surface area contributed by atoms with Crippen LogP contribution in [0.25, 0.3) is 11.2 Å². The number of likely N-dealkylation sites (tertiary alicyclic amines) is 1. The fourth-order valence-electron chi connectivity index (χ4n) is 4.39. The minimum Gasteiger partial charge on any atom is -0.338 e. The van der Waals surface area contributed by atoms with Crippen molar-refractivity contribution in [3.63, 3.8) is 0 Å². The first-order valence-electron chi connectivity index (χ1n) is 11.3. The number of nitro benzene ring substituents is 1. The highest BCUT2D eigenvalue weighted by Crippen LogP contribution is 2.28. The topological polar surface area (TPSA) is 140 Å². The van der Waals surface area contributed by atoms with Crippen LogP contribution in [0.5, 0.6) is 0 Å². The van der Waals surface area contributed by atoms with E-state index in [4.69, 9.17) is 0 Å². The maximum absolute atomic E-state index is 12.9. The van der Waals surface area contributed by atoms with Crippen molar-refractivity contribution in [1.29, 1.82) is 0 Å². The lowest BCUT2D eigenvalue weighted by Gasteiger charge is -2.31. The summed E-state index contributed by atoms with van der Waals surface area (Å²) in [6.07, 6.45) is 1.14. The smallest absolute Gasteiger partial charge is 0.282 e. The summed E-state index contributed by atoms with van der Waals surface area (Å²) in [6.45, 7) is 3.26. The second kappa shape index (κ2) is 9.09. The van der Waals surface area contributed by atoms with Crippen LogP contribution in [0.3, 0.4) is 0 Å². The highest BCUT2D eigenvalue weighted by atomic mass is 16.6. The lowest BCUT2D eigenvalue weighted by Crippen LogP contribution is -2.38. The molecule has 2 aromatic carbocycles. The number of aryl methyl sites for hydroxylation is 1. The van der Waals surface area contributed by atoms with Crippen molar-refractivity contribution < 1.29 is 9.72 Å². The van der Waals surface area contributed by atoms with Crippen molar-refractivity contribution in [2.75, 3.05) is 13.1 Å². The Bertz CT molecular complexity index is 1470. The Morgan fingerprint density at radius 3 is 2.57 bits per heavy atom. The molecule has 2 aromatic heterocycles. The van der Waals surface area contributed by atoms with Crippen molar-refractivity contribution in [3.8, 4) is 0 Å². The minimum atomic E-state index is -0.544. The summed E-state index contributed by atoms with van der Waals surface area (Å²) in [7, 11) is 0. The molecule has 11 heteroatoms. The fraction of sp³-hybridized carbons (Fsp3) is 0.292. The van der Waals surface area contributed by atoms with E-state index in [1.165, 1.54) is 18.2 Å². The summed E-state index contributed by atoms with van der Waals surface area (Å²) >= 11 is 0. The van der Waals surface area contributed by atoms with E-state index in [-0.39, 0.29) is 34.2 Å². The van der Waals surface area contributed by atoms with Gasteiger partial charge < -0.3 is 9.88 Å². The number of nitrogens with zero attached hydrogens (tertiary/aromatic N) is 6. The Morgan fingerprint density at radius 1 is 1.14 bits per heavy atom. The van der Waals surface area contributed by atoms with Gasteiger partial charge in [-0.25, -0.2) is 9.67 Å². The molecule has 0 bridgehead atoms. The van der Waals surface area contributed by atoms with Gasteiger partial charge in [0.15, 0.2) is 11.2 Å². The number of para-hydroxylation sites is 1. The van der Waals surface area contributed by atoms with Crippen molar-refractivity contribution >= 4 is 22.8 Å². The second-order valence-electron chi connectivity index (χ2n) is 8.70. The van der Waals surface area contributed by atoms with Gasteiger partial charge in [0.2, 0.25) is 0 Å². The highest BCUT2D eigenvalue weighted by Gasteiger charge is 2.30. The Hall–Kier alpha value is -4.41. The van der Waals surface area contributed by atoms with Crippen LogP contribution in [0.1, 0.15) is 46.1 Å². The van der Waals surface area contributed by atoms with Gasteiger partial charge in [-0.3, -0.25) is 19.7 Å². The number of nitro groups is 1. The Balaban J connectivity index is 1.34. The number of nitrogens with one attached hydrogen (secondary N) is 1. The number of carbonyl (C=O) groups is 1. The average Bonchev–Trinajstić information content (AvgIpc) is 3.28. The fourth-order valence-corrected chi connectivity index (χ4v) is 4.39. The number of H-pyrrole nitrogens is 1. The van der Waals surface area contributed by atoms with Crippen LogP contribution >= 0.6 is 0 Å². The van der Waals surface area contributed by atoms with E-state index >= 15 is 0 Å². The molecule has 178 valence electrons. The molecular weight excluding hydrogens is 450 g/mol. The normalized spacial score (nSPS) is 14.4. The molecule has 35 heavy (non-hydrogen) atoms. The number of hydrogen-bond acceptors (Lipinski definition) is 7. The standard InChI is InChI=1S/C24H23N7O4/c1-15-6-8-16(9-7-15)14-30-22-20(27-28-30)23(32)26-21(25-22)17-10-12-29(13-11-17)24(33)18-4-2-3-5-19(18)31(34)35/h2-9,17H,10-14H2,1H3,(H,25,26,32). The lowest BCUT2D eigenvalue weighted by molar-refractivity contribution is -0.385. The van der Waals surface area contributed by atoms with Crippen LogP contribution < -0.4 is 5.56 Å². The number of carbonyl (C=O) groups excluding carboxylic acids is 1. The van der Waals surface area contributed by atoms with Gasteiger partial charge in [-0.05, 0) is 31.4 Å². The maximum Gasteiger partial charge on any atom is 0.282 e. The van der Waals surface area contributed by atoms with Gasteiger partial charge in [0.05, 0.1) is 11.5 Å². The van der Waals surface area contributed by atoms with Crippen molar-refractivity contribution in [2.24, 2.45) is 0 Å². The van der Waals surface area contributed by atoms with Crippen LogP contribution in [-0.2, 0) is 6.54 Å². The zero-order valence-corrected chi connectivity index (χ0v) is 19.0. The monoisotopic (exact) mass is 473 g/mol. The van der Waals surface area contributed by atoms with Gasteiger partial charge in [-0.2, -0.15) is 0 Å². The maximum atomic E-state index is 12.9. The molecule has 0 radical (unpaired) electrons. The number of benzene rings is 2. The summed E-state index contributed by atoms with van der Waals surface area (Å²) in [5, 5.41) is 19.4. The number of hydrogen-bond donors (Lipinski definition) is 1. The molecule has 1 saturated heterocycles. The predicted molar refractivity (Wildman–Crippen MR) is 127 cm³/mol. The van der Waals surface area contributed by atoms with E-state index in [9.17, 15) is 19.7 Å². The first kappa shape index (κ1) is 22.4. The van der Waals surface area contributed by atoms with Crippen LogP contribution in [0.4, 0.5) is 5.69 Å². The molecule has 5 rings (SSSR count). The third-order valence-electron chi connectivity index (χ3n) is 6.34. The molecular formula is C24H23N7O4. The van der Waals surface area contributed by atoms with E-state index in [2.05, 4.69) is 20.3 Å². The van der Waals surface area contributed by atoms with Gasteiger partial charge >= 0.3 is 0 Å². The summed E-state index contributed by atoms with van der Waals surface area (Å²) in [6, 6.07) is 14.0. The molecule has 1 aliphatic rings. The number of fused-ring (bicyclic) bond motifs is 1. The van der Waals surface area contributed by atoms with E-state index in [1.807, 2.05) is 31.2 Å². The average molecular weight is 473 g/mol. The molecule has 0 atom stereocenters.